The van der Waals surface area contributed by atoms with Crippen LogP contribution in [0.2, 0.25) is 0 Å². The van der Waals surface area contributed by atoms with Gasteiger partial charge in [-0.1, -0.05) is 11.3 Å². The van der Waals surface area contributed by atoms with Crippen molar-refractivity contribution < 1.29 is 13.5 Å². The molecule has 186 valence electrons. The fourth-order valence-electron chi connectivity index (χ4n) is 5.63. The number of benzene rings is 1. The number of halogens is 2. The van der Waals surface area contributed by atoms with Gasteiger partial charge in [-0.2, -0.15) is 9.97 Å². The Labute approximate surface area is 207 Å². The van der Waals surface area contributed by atoms with E-state index in [1.165, 1.54) is 23.8 Å². The normalized spacial score (nSPS) is 21.6. The molecule has 3 N–H and O–H groups in total. The molecule has 36 heavy (non-hydrogen) atoms. The molecule has 2 aliphatic heterocycles. The summed E-state index contributed by atoms with van der Waals surface area (Å²) in [4.78, 5) is 29.3. The molecule has 12 heteroatoms. The van der Waals surface area contributed by atoms with Crippen LogP contribution in [0.15, 0.2) is 16.9 Å². The average molecular weight is 512 g/mol. The molecule has 4 aromatic rings. The summed E-state index contributed by atoms with van der Waals surface area (Å²) in [6.45, 7) is 1.32. The van der Waals surface area contributed by atoms with Crippen molar-refractivity contribution in [2.75, 3.05) is 30.8 Å². The van der Waals surface area contributed by atoms with Crippen LogP contribution in [-0.2, 0) is 0 Å². The number of nitrogens with zero attached hydrogens (tertiary/aromatic N) is 5. The topological polar surface area (TPSA) is 111 Å². The van der Waals surface area contributed by atoms with Crippen LogP contribution in [0.25, 0.3) is 32.4 Å². The molecule has 0 spiro atoms. The Bertz CT molecular complexity index is 1600. The van der Waals surface area contributed by atoms with Gasteiger partial charge in [0.15, 0.2) is 10.9 Å². The van der Waals surface area contributed by atoms with Crippen LogP contribution < -0.4 is 26.2 Å². The highest BCUT2D eigenvalue weighted by Crippen LogP contribution is 2.43. The SMILES string of the molecule is COc1nc(N2CC3CCC(C2)N3)c2c(=O)n(C3CC3)c(-c3ccc(F)c4sc(N)nc34)c(F)c2n1. The molecule has 3 aromatic heterocycles. The molecule has 1 aliphatic carbocycles. The number of pyridine rings is 1. The standard InChI is InChI=1S/C24H23F2N7O2S/c1-35-24-30-18-15(21(31-24)32-8-10-2-3-11(9-32)28-10)22(34)33(12-4-5-12)19(16(18)26)13-6-7-14(25)20-17(13)29-23(27)36-20/h6-7,10-12,28H,2-5,8-9H2,1H3,(H2,27,29). The monoisotopic (exact) mass is 511 g/mol. The number of rotatable bonds is 4. The molecule has 3 fully saturated rings. The number of piperazine rings is 1. The molecule has 0 radical (unpaired) electrons. The molecule has 3 aliphatic rings. The molecule has 9 nitrogen and oxygen atoms in total. The first kappa shape index (κ1) is 21.9. The van der Waals surface area contributed by atoms with E-state index in [9.17, 15) is 9.18 Å². The third kappa shape index (κ3) is 3.20. The molecule has 2 saturated heterocycles. The lowest BCUT2D eigenvalue weighted by Gasteiger charge is -2.34. The molecule has 5 heterocycles. The van der Waals surface area contributed by atoms with E-state index < -0.39 is 11.6 Å². The lowest BCUT2D eigenvalue weighted by Crippen LogP contribution is -2.51. The van der Waals surface area contributed by atoms with Gasteiger partial charge < -0.3 is 25.3 Å². The van der Waals surface area contributed by atoms with Crippen LogP contribution in [-0.4, -0.2) is 51.8 Å². The van der Waals surface area contributed by atoms with E-state index in [1.54, 1.807) is 0 Å². The van der Waals surface area contributed by atoms with Gasteiger partial charge in [0.1, 0.15) is 22.5 Å². The van der Waals surface area contributed by atoms with Crippen LogP contribution in [0.1, 0.15) is 31.7 Å². The molecule has 2 bridgehead atoms. The number of hydrogen-bond donors (Lipinski definition) is 2. The first-order valence-corrected chi connectivity index (χ1v) is 12.8. The van der Waals surface area contributed by atoms with Crippen LogP contribution in [0.5, 0.6) is 6.01 Å². The van der Waals surface area contributed by atoms with E-state index >= 15 is 4.39 Å². The summed E-state index contributed by atoms with van der Waals surface area (Å²) in [7, 11) is 1.41. The highest BCUT2D eigenvalue weighted by Gasteiger charge is 2.37. The van der Waals surface area contributed by atoms with Gasteiger partial charge in [-0.25, -0.2) is 13.8 Å². The third-order valence-electron chi connectivity index (χ3n) is 7.34. The van der Waals surface area contributed by atoms with Gasteiger partial charge in [0.2, 0.25) is 0 Å². The highest BCUT2D eigenvalue weighted by atomic mass is 32.1. The van der Waals surface area contributed by atoms with Crippen molar-refractivity contribution in [3.63, 3.8) is 0 Å². The van der Waals surface area contributed by atoms with Gasteiger partial charge in [0, 0.05) is 36.8 Å². The maximum Gasteiger partial charge on any atom is 0.318 e. The maximum atomic E-state index is 16.6. The number of hydrogen-bond acceptors (Lipinski definition) is 9. The van der Waals surface area contributed by atoms with Crippen molar-refractivity contribution in [1.82, 2.24) is 24.8 Å². The number of aromatic nitrogens is 4. The van der Waals surface area contributed by atoms with Gasteiger partial charge in [-0.05, 0) is 37.8 Å². The molecule has 2 atom stereocenters. The number of nitrogens with one attached hydrogen (secondary N) is 1. The van der Waals surface area contributed by atoms with E-state index in [-0.39, 0.29) is 61.6 Å². The Morgan fingerprint density at radius 2 is 1.83 bits per heavy atom. The highest BCUT2D eigenvalue weighted by molar-refractivity contribution is 7.22. The summed E-state index contributed by atoms with van der Waals surface area (Å²) in [6.07, 6.45) is 3.57. The second-order valence-corrected chi connectivity index (χ2v) is 10.7. The molecule has 7 rings (SSSR count). The van der Waals surface area contributed by atoms with Gasteiger partial charge in [0.25, 0.3) is 5.56 Å². The lowest BCUT2D eigenvalue weighted by atomic mass is 10.1. The largest absolute Gasteiger partial charge is 0.467 e. The van der Waals surface area contributed by atoms with E-state index in [0.29, 0.717) is 24.5 Å². The van der Waals surface area contributed by atoms with E-state index in [1.807, 2.05) is 4.90 Å². The number of ether oxygens (including phenoxy) is 1. The summed E-state index contributed by atoms with van der Waals surface area (Å²) in [5.41, 5.74) is 5.97. The zero-order valence-corrected chi connectivity index (χ0v) is 20.2. The summed E-state index contributed by atoms with van der Waals surface area (Å²) in [6, 6.07) is 3.10. The minimum atomic E-state index is -0.684. The number of methoxy groups -OCH3 is 1. The number of thiazole rings is 1. The molecular weight excluding hydrogens is 488 g/mol. The fraction of sp³-hybridized carbons (Fsp3) is 0.417. The van der Waals surface area contributed by atoms with Crippen molar-refractivity contribution in [1.29, 1.82) is 0 Å². The summed E-state index contributed by atoms with van der Waals surface area (Å²) < 4.78 is 38.1. The zero-order valence-electron chi connectivity index (χ0n) is 19.4. The zero-order chi connectivity index (χ0) is 24.7. The number of nitrogens with two attached hydrogens (primary N) is 1. The summed E-state index contributed by atoms with van der Waals surface area (Å²) >= 11 is 0.988. The predicted octanol–water partition coefficient (Wildman–Crippen LogP) is 3.21. The third-order valence-corrected chi connectivity index (χ3v) is 8.23. The lowest BCUT2D eigenvalue weighted by molar-refractivity contribution is 0.380. The van der Waals surface area contributed by atoms with Crippen molar-refractivity contribution in [3.05, 3.63) is 34.1 Å². The molecule has 1 saturated carbocycles. The number of fused-ring (bicyclic) bond motifs is 4. The number of anilines is 2. The van der Waals surface area contributed by atoms with Crippen LogP contribution in [0, 0.1) is 11.6 Å². The van der Waals surface area contributed by atoms with Crippen LogP contribution >= 0.6 is 11.3 Å². The van der Waals surface area contributed by atoms with Crippen molar-refractivity contribution in [2.45, 2.75) is 43.8 Å². The predicted molar refractivity (Wildman–Crippen MR) is 134 cm³/mol. The van der Waals surface area contributed by atoms with Crippen molar-refractivity contribution >= 4 is 43.4 Å². The number of nitrogen functional groups attached to an aromatic ring is 1. The van der Waals surface area contributed by atoms with E-state index in [4.69, 9.17) is 10.5 Å². The second kappa shape index (κ2) is 7.81. The van der Waals surface area contributed by atoms with Gasteiger partial charge >= 0.3 is 6.01 Å². The van der Waals surface area contributed by atoms with Crippen molar-refractivity contribution in [2.24, 2.45) is 0 Å². The molecule has 2 unspecified atom stereocenters. The minimum absolute atomic E-state index is 0.0149. The van der Waals surface area contributed by atoms with E-state index in [0.717, 1.165) is 37.0 Å². The van der Waals surface area contributed by atoms with Gasteiger partial charge in [0.05, 0.1) is 23.0 Å². The maximum absolute atomic E-state index is 16.6. The Morgan fingerprint density at radius 1 is 1.08 bits per heavy atom. The Hall–Kier alpha value is -3.38. The molecule has 0 amide bonds. The summed E-state index contributed by atoms with van der Waals surface area (Å²) in [5.74, 6) is -0.789. The second-order valence-electron chi connectivity index (χ2n) is 9.69. The minimum Gasteiger partial charge on any atom is -0.467 e. The van der Waals surface area contributed by atoms with Crippen LogP contribution in [0.3, 0.4) is 0 Å². The first-order chi connectivity index (χ1) is 17.4. The fourth-order valence-corrected chi connectivity index (χ4v) is 6.39. The first-order valence-electron chi connectivity index (χ1n) is 12.0. The smallest absolute Gasteiger partial charge is 0.318 e. The Kier molecular flexibility index (Phi) is 4.74. The van der Waals surface area contributed by atoms with Gasteiger partial charge in [-0.3, -0.25) is 4.79 Å². The molecule has 1 aromatic carbocycles. The Morgan fingerprint density at radius 3 is 2.53 bits per heavy atom. The Balaban J connectivity index is 1.55. The molecular formula is C24H23F2N7O2S. The van der Waals surface area contributed by atoms with E-state index in [2.05, 4.69) is 20.3 Å². The van der Waals surface area contributed by atoms with Gasteiger partial charge in [-0.15, -0.1) is 0 Å². The quantitative estimate of drug-likeness (QED) is 0.430. The summed E-state index contributed by atoms with van der Waals surface area (Å²) in [5, 5.41) is 3.87. The van der Waals surface area contributed by atoms with Crippen molar-refractivity contribution in [3.8, 4) is 17.3 Å². The average Bonchev–Trinajstić information content (AvgIpc) is 3.55. The van der Waals surface area contributed by atoms with Crippen LogP contribution in [0.4, 0.5) is 19.7 Å².